The molecule has 1 saturated carbocycles. The van der Waals surface area contributed by atoms with Crippen LogP contribution in [0.5, 0.6) is 5.75 Å². The highest BCUT2D eigenvalue weighted by atomic mass is 16.5. The first-order valence-corrected chi connectivity index (χ1v) is 11.1. The van der Waals surface area contributed by atoms with Crippen LogP contribution in [-0.2, 0) is 0 Å². The minimum absolute atomic E-state index is 0.285. The van der Waals surface area contributed by atoms with Crippen molar-refractivity contribution < 1.29 is 4.74 Å². The van der Waals surface area contributed by atoms with E-state index in [2.05, 4.69) is 59.6 Å². The summed E-state index contributed by atoms with van der Waals surface area (Å²) in [6.45, 7) is 0. The zero-order valence-electron chi connectivity index (χ0n) is 16.6. The second-order valence-electron chi connectivity index (χ2n) is 8.54. The molecular formula is C25H30N2O. The van der Waals surface area contributed by atoms with E-state index in [0.717, 1.165) is 25.0 Å². The molecule has 1 atom stereocenters. The molecule has 1 fully saturated rings. The number of rotatable bonds is 1. The Morgan fingerprint density at radius 2 is 1.43 bits per heavy atom. The van der Waals surface area contributed by atoms with Crippen molar-refractivity contribution in [2.24, 2.45) is 5.10 Å². The maximum Gasteiger partial charge on any atom is 0.198 e. The number of nitrogens with zero attached hydrogens (tertiary/aromatic N) is 2. The molecule has 3 heteroatoms. The third-order valence-corrected chi connectivity index (χ3v) is 6.65. The Morgan fingerprint density at radius 1 is 0.786 bits per heavy atom. The van der Waals surface area contributed by atoms with E-state index in [4.69, 9.17) is 9.84 Å². The largest absolute Gasteiger partial charge is 0.466 e. The maximum atomic E-state index is 6.81. The molecule has 3 nitrogen and oxygen atoms in total. The Hall–Kier alpha value is -2.29. The molecule has 1 aliphatic carbocycles. The van der Waals surface area contributed by atoms with Gasteiger partial charge in [0.2, 0.25) is 0 Å². The number of hydrogen-bond donors (Lipinski definition) is 0. The molecule has 0 radical (unpaired) electrons. The Bertz CT molecular complexity index is 835. The van der Waals surface area contributed by atoms with Gasteiger partial charge in [-0.3, -0.25) is 0 Å². The fourth-order valence-electron chi connectivity index (χ4n) is 5.18. The van der Waals surface area contributed by atoms with Gasteiger partial charge in [0.1, 0.15) is 5.75 Å². The van der Waals surface area contributed by atoms with E-state index in [1.54, 1.807) is 0 Å². The first kappa shape index (κ1) is 17.8. The van der Waals surface area contributed by atoms with Gasteiger partial charge in [0.15, 0.2) is 5.72 Å². The standard InChI is InChI=1S/C25H30N2O/c1-2-4-11-17-25(18-12-5-3-1)27-23(21-15-9-10-16-24(21)28-25)19-22(26-27)20-13-7-6-8-14-20/h6-10,13-16,23H,1-5,11-12,17-19H2. The monoisotopic (exact) mass is 374 g/mol. The quantitative estimate of drug-likeness (QED) is 0.573. The smallest absolute Gasteiger partial charge is 0.198 e. The molecule has 3 aliphatic rings. The van der Waals surface area contributed by atoms with E-state index in [0.29, 0.717) is 6.04 Å². The third-order valence-electron chi connectivity index (χ3n) is 6.65. The molecule has 2 heterocycles. The molecule has 146 valence electrons. The van der Waals surface area contributed by atoms with Crippen molar-refractivity contribution in [1.29, 1.82) is 0 Å². The molecule has 2 aromatic carbocycles. The van der Waals surface area contributed by atoms with Crippen molar-refractivity contribution >= 4 is 5.71 Å². The van der Waals surface area contributed by atoms with E-state index in [9.17, 15) is 0 Å². The van der Waals surface area contributed by atoms with Gasteiger partial charge < -0.3 is 4.74 Å². The molecule has 0 aromatic heterocycles. The van der Waals surface area contributed by atoms with Crippen LogP contribution in [0, 0.1) is 0 Å². The lowest BCUT2D eigenvalue weighted by molar-refractivity contribution is -0.132. The van der Waals surface area contributed by atoms with E-state index in [-0.39, 0.29) is 5.72 Å². The average Bonchev–Trinajstić information content (AvgIpc) is 3.20. The highest BCUT2D eigenvalue weighted by Gasteiger charge is 2.49. The Morgan fingerprint density at radius 3 is 2.18 bits per heavy atom. The molecule has 0 N–H and O–H groups in total. The molecule has 0 amide bonds. The third kappa shape index (κ3) is 3.21. The summed E-state index contributed by atoms with van der Waals surface area (Å²) in [5.74, 6) is 1.07. The average molecular weight is 375 g/mol. The van der Waals surface area contributed by atoms with Crippen LogP contribution < -0.4 is 4.74 Å². The fraction of sp³-hybridized carbons (Fsp3) is 0.480. The topological polar surface area (TPSA) is 24.8 Å². The number of para-hydroxylation sites is 1. The Balaban J connectivity index is 1.55. The highest BCUT2D eigenvalue weighted by Crippen LogP contribution is 2.50. The van der Waals surface area contributed by atoms with Gasteiger partial charge in [-0.05, 0) is 24.5 Å². The second-order valence-corrected chi connectivity index (χ2v) is 8.54. The first-order chi connectivity index (χ1) is 13.9. The van der Waals surface area contributed by atoms with Gasteiger partial charge in [-0.25, -0.2) is 5.01 Å². The minimum Gasteiger partial charge on any atom is -0.466 e. The summed E-state index contributed by atoms with van der Waals surface area (Å²) in [6.07, 6.45) is 12.3. The van der Waals surface area contributed by atoms with Gasteiger partial charge in [0, 0.05) is 24.8 Å². The molecule has 1 spiro atoms. The van der Waals surface area contributed by atoms with Gasteiger partial charge in [-0.1, -0.05) is 80.6 Å². The molecule has 0 saturated heterocycles. The molecule has 1 unspecified atom stereocenters. The van der Waals surface area contributed by atoms with Gasteiger partial charge >= 0.3 is 0 Å². The van der Waals surface area contributed by atoms with Crippen LogP contribution in [0.4, 0.5) is 0 Å². The van der Waals surface area contributed by atoms with Crippen LogP contribution in [0.1, 0.15) is 81.4 Å². The van der Waals surface area contributed by atoms with Crippen LogP contribution in [-0.4, -0.2) is 16.4 Å². The van der Waals surface area contributed by atoms with Gasteiger partial charge in [-0.2, -0.15) is 5.10 Å². The van der Waals surface area contributed by atoms with Crippen molar-refractivity contribution in [2.75, 3.05) is 0 Å². The van der Waals surface area contributed by atoms with Gasteiger partial charge in [0.05, 0.1) is 11.8 Å². The zero-order chi connectivity index (χ0) is 18.8. The van der Waals surface area contributed by atoms with E-state index < -0.39 is 0 Å². The van der Waals surface area contributed by atoms with Crippen molar-refractivity contribution in [1.82, 2.24) is 5.01 Å². The summed E-state index contributed by atoms with van der Waals surface area (Å²) in [4.78, 5) is 0. The lowest BCUT2D eigenvalue weighted by atomic mass is 9.89. The molecule has 2 aliphatic heterocycles. The van der Waals surface area contributed by atoms with Crippen LogP contribution in [0.3, 0.4) is 0 Å². The van der Waals surface area contributed by atoms with Crippen LogP contribution in [0.15, 0.2) is 59.7 Å². The zero-order valence-corrected chi connectivity index (χ0v) is 16.6. The number of benzene rings is 2. The number of fused-ring (bicyclic) bond motifs is 4. The Kier molecular flexibility index (Phi) is 4.84. The maximum absolute atomic E-state index is 6.81. The fourth-order valence-corrected chi connectivity index (χ4v) is 5.18. The van der Waals surface area contributed by atoms with Crippen molar-refractivity contribution in [3.05, 3.63) is 65.7 Å². The summed E-state index contributed by atoms with van der Waals surface area (Å²) < 4.78 is 6.81. The summed E-state index contributed by atoms with van der Waals surface area (Å²) in [5.41, 5.74) is 3.44. The van der Waals surface area contributed by atoms with Crippen LogP contribution in [0.2, 0.25) is 0 Å². The summed E-state index contributed by atoms with van der Waals surface area (Å²) >= 11 is 0. The highest BCUT2D eigenvalue weighted by molar-refractivity contribution is 6.01. The predicted molar refractivity (Wildman–Crippen MR) is 114 cm³/mol. The SMILES string of the molecule is c1ccc(C2=NN3C(C2)c2ccccc2OC32CCCCCCCCC2)cc1. The number of hydrazone groups is 1. The number of hydrogen-bond acceptors (Lipinski definition) is 3. The first-order valence-electron chi connectivity index (χ1n) is 11.1. The summed E-state index contributed by atoms with van der Waals surface area (Å²) in [7, 11) is 0. The molecular weight excluding hydrogens is 344 g/mol. The summed E-state index contributed by atoms with van der Waals surface area (Å²) in [6, 6.07) is 19.6. The van der Waals surface area contributed by atoms with E-state index in [1.807, 2.05) is 0 Å². The second kappa shape index (κ2) is 7.62. The van der Waals surface area contributed by atoms with Crippen LogP contribution in [0.25, 0.3) is 0 Å². The van der Waals surface area contributed by atoms with Crippen LogP contribution >= 0.6 is 0 Å². The van der Waals surface area contributed by atoms with Gasteiger partial charge in [-0.15, -0.1) is 0 Å². The molecule has 5 rings (SSSR count). The predicted octanol–water partition coefficient (Wildman–Crippen LogP) is 6.45. The summed E-state index contributed by atoms with van der Waals surface area (Å²) in [5, 5.41) is 7.57. The minimum atomic E-state index is -0.285. The molecule has 0 bridgehead atoms. The lowest BCUT2D eigenvalue weighted by Gasteiger charge is -2.48. The van der Waals surface area contributed by atoms with E-state index in [1.165, 1.54) is 61.8 Å². The Labute approximate surface area is 168 Å². The normalized spacial score (nSPS) is 24.1. The number of ether oxygens (including phenoxy) is 1. The molecule has 2 aromatic rings. The molecule has 28 heavy (non-hydrogen) atoms. The van der Waals surface area contributed by atoms with E-state index >= 15 is 0 Å². The van der Waals surface area contributed by atoms with Crippen molar-refractivity contribution in [3.63, 3.8) is 0 Å². The lowest BCUT2D eigenvalue weighted by Crippen LogP contribution is -2.53. The van der Waals surface area contributed by atoms with Crippen molar-refractivity contribution in [2.45, 2.75) is 76.0 Å². The van der Waals surface area contributed by atoms with Gasteiger partial charge in [0.25, 0.3) is 0 Å². The van der Waals surface area contributed by atoms with Crippen molar-refractivity contribution in [3.8, 4) is 5.75 Å².